The Kier molecular flexibility index (Phi) is 10.9. The molecule has 1 unspecified atom stereocenters. The SMILES string of the molecule is CCOCCC(=O)NCCNC(=O)CCC(=O)OC1C[C@H](n2cc(C)c(=O)[nH]c2=O)O[C@@H]1CC. The molecule has 1 aromatic heterocycles. The van der Waals surface area contributed by atoms with E-state index in [1.165, 1.54) is 10.8 Å². The van der Waals surface area contributed by atoms with E-state index in [-0.39, 0.29) is 50.6 Å². The average Bonchev–Trinajstić information content (AvgIpc) is 3.20. The van der Waals surface area contributed by atoms with Crippen molar-refractivity contribution < 1.29 is 28.6 Å². The second kappa shape index (κ2) is 13.7. The lowest BCUT2D eigenvalue weighted by Crippen LogP contribution is -2.35. The summed E-state index contributed by atoms with van der Waals surface area (Å²) in [4.78, 5) is 61.7. The van der Waals surface area contributed by atoms with E-state index in [2.05, 4.69) is 15.6 Å². The van der Waals surface area contributed by atoms with Crippen LogP contribution in [0.4, 0.5) is 0 Å². The van der Waals surface area contributed by atoms with Crippen LogP contribution in [0.5, 0.6) is 0 Å². The Labute approximate surface area is 197 Å². The molecule has 0 radical (unpaired) electrons. The minimum absolute atomic E-state index is 0.0521. The van der Waals surface area contributed by atoms with Crippen LogP contribution in [0.15, 0.2) is 15.8 Å². The van der Waals surface area contributed by atoms with Crippen molar-refractivity contribution in [3.8, 4) is 0 Å². The lowest BCUT2D eigenvalue weighted by Gasteiger charge is -2.17. The van der Waals surface area contributed by atoms with Gasteiger partial charge in [-0.2, -0.15) is 0 Å². The molecule has 12 heteroatoms. The molecular formula is C22H34N4O8. The second-order valence-corrected chi connectivity index (χ2v) is 7.93. The topological polar surface area (TPSA) is 158 Å². The number of nitrogens with one attached hydrogen (secondary N) is 3. The number of rotatable bonds is 13. The number of aromatic amines is 1. The predicted octanol–water partition coefficient (Wildman–Crippen LogP) is -0.106. The fraction of sp³-hybridized carbons (Fsp3) is 0.682. The lowest BCUT2D eigenvalue weighted by atomic mass is 10.1. The van der Waals surface area contributed by atoms with Gasteiger partial charge in [-0.3, -0.25) is 28.7 Å². The number of carbonyl (C=O) groups is 3. The van der Waals surface area contributed by atoms with Crippen LogP contribution in [0.2, 0.25) is 0 Å². The summed E-state index contributed by atoms with van der Waals surface area (Å²) in [6.07, 6.45) is 0.685. The number of hydrogen-bond donors (Lipinski definition) is 3. The third kappa shape index (κ3) is 8.41. The second-order valence-electron chi connectivity index (χ2n) is 7.93. The number of hydrogen-bond acceptors (Lipinski definition) is 8. The highest BCUT2D eigenvalue weighted by atomic mass is 16.6. The Morgan fingerprint density at radius 3 is 2.44 bits per heavy atom. The Morgan fingerprint density at radius 1 is 1.12 bits per heavy atom. The molecule has 0 bridgehead atoms. The predicted molar refractivity (Wildman–Crippen MR) is 121 cm³/mol. The molecule has 2 rings (SSSR count). The van der Waals surface area contributed by atoms with Gasteiger partial charge in [0.05, 0.1) is 19.1 Å². The molecule has 1 fully saturated rings. The standard InChI is InChI=1S/C22H34N4O8/c1-4-15-16(12-19(33-15)26-13-14(3)21(30)25-22(26)31)34-20(29)7-6-17(27)23-9-10-24-18(28)8-11-32-5-2/h13,15-16,19H,4-12H2,1-3H3,(H,23,27)(H,24,28)(H,25,30,31)/t15-,16?,19-/m1/s1. The zero-order valence-corrected chi connectivity index (χ0v) is 19.9. The summed E-state index contributed by atoms with van der Waals surface area (Å²) in [6.45, 7) is 6.73. The molecule has 12 nitrogen and oxygen atoms in total. The van der Waals surface area contributed by atoms with Gasteiger partial charge in [0.25, 0.3) is 5.56 Å². The minimum Gasteiger partial charge on any atom is -0.459 e. The zero-order valence-electron chi connectivity index (χ0n) is 19.9. The zero-order chi connectivity index (χ0) is 25.1. The summed E-state index contributed by atoms with van der Waals surface area (Å²) < 4.78 is 17.8. The summed E-state index contributed by atoms with van der Waals surface area (Å²) in [7, 11) is 0. The van der Waals surface area contributed by atoms with Gasteiger partial charge in [-0.25, -0.2) is 4.79 Å². The maximum atomic E-state index is 12.3. The molecule has 3 atom stereocenters. The highest BCUT2D eigenvalue weighted by molar-refractivity contribution is 5.81. The number of esters is 1. The molecule has 1 aliphatic rings. The normalized spacial score (nSPS) is 19.6. The Balaban J connectivity index is 1.73. The van der Waals surface area contributed by atoms with Crippen molar-refractivity contribution in [3.05, 3.63) is 32.6 Å². The van der Waals surface area contributed by atoms with Crippen molar-refractivity contribution >= 4 is 17.8 Å². The van der Waals surface area contributed by atoms with Gasteiger partial charge in [-0.05, 0) is 20.3 Å². The maximum absolute atomic E-state index is 12.3. The number of carbonyl (C=O) groups excluding carboxylic acids is 3. The number of aryl methyl sites for hydroxylation is 1. The van der Waals surface area contributed by atoms with Gasteiger partial charge in [0.15, 0.2) is 0 Å². The van der Waals surface area contributed by atoms with Crippen LogP contribution in [0.3, 0.4) is 0 Å². The first-order chi connectivity index (χ1) is 16.2. The number of nitrogens with zero attached hydrogens (tertiary/aromatic N) is 1. The van der Waals surface area contributed by atoms with Crippen LogP contribution >= 0.6 is 0 Å². The summed E-state index contributed by atoms with van der Waals surface area (Å²) in [5, 5.41) is 5.30. The van der Waals surface area contributed by atoms with Gasteiger partial charge in [-0.15, -0.1) is 0 Å². The number of amides is 2. The van der Waals surface area contributed by atoms with E-state index in [4.69, 9.17) is 14.2 Å². The average molecular weight is 483 g/mol. The fourth-order valence-corrected chi connectivity index (χ4v) is 3.49. The van der Waals surface area contributed by atoms with E-state index in [1.807, 2.05) is 13.8 Å². The van der Waals surface area contributed by atoms with Gasteiger partial charge >= 0.3 is 11.7 Å². The van der Waals surface area contributed by atoms with Gasteiger partial charge in [0.1, 0.15) is 12.3 Å². The first kappa shape index (κ1) is 27.3. The van der Waals surface area contributed by atoms with E-state index in [1.54, 1.807) is 6.92 Å². The monoisotopic (exact) mass is 482 g/mol. The molecule has 190 valence electrons. The van der Waals surface area contributed by atoms with E-state index in [9.17, 15) is 24.0 Å². The third-order valence-electron chi connectivity index (χ3n) is 5.32. The smallest absolute Gasteiger partial charge is 0.330 e. The number of ether oxygens (including phenoxy) is 3. The van der Waals surface area contributed by atoms with Gasteiger partial charge in [-0.1, -0.05) is 6.92 Å². The Morgan fingerprint density at radius 2 is 1.79 bits per heavy atom. The van der Waals surface area contributed by atoms with Crippen LogP contribution in [-0.2, 0) is 28.6 Å². The molecule has 2 amide bonds. The van der Waals surface area contributed by atoms with Crippen molar-refractivity contribution in [2.24, 2.45) is 0 Å². The molecule has 1 aromatic rings. The van der Waals surface area contributed by atoms with E-state index < -0.39 is 35.7 Å². The molecule has 3 N–H and O–H groups in total. The molecule has 1 saturated heterocycles. The van der Waals surface area contributed by atoms with E-state index in [0.29, 0.717) is 25.2 Å². The molecule has 0 saturated carbocycles. The fourth-order valence-electron chi connectivity index (χ4n) is 3.49. The molecule has 2 heterocycles. The third-order valence-corrected chi connectivity index (χ3v) is 5.32. The highest BCUT2D eigenvalue weighted by Crippen LogP contribution is 2.31. The summed E-state index contributed by atoms with van der Waals surface area (Å²) >= 11 is 0. The van der Waals surface area contributed by atoms with Crippen molar-refractivity contribution in [3.63, 3.8) is 0 Å². The Hall–Kier alpha value is -2.99. The van der Waals surface area contributed by atoms with Crippen LogP contribution in [0, 0.1) is 6.92 Å². The Bertz CT molecular complexity index is 957. The quantitative estimate of drug-likeness (QED) is 0.260. The largest absolute Gasteiger partial charge is 0.459 e. The minimum atomic E-state index is -0.669. The number of H-pyrrole nitrogens is 1. The summed E-state index contributed by atoms with van der Waals surface area (Å²) in [5.74, 6) is -1.03. The van der Waals surface area contributed by atoms with Crippen molar-refractivity contribution in [1.29, 1.82) is 0 Å². The van der Waals surface area contributed by atoms with Crippen molar-refractivity contribution in [1.82, 2.24) is 20.2 Å². The molecule has 0 aromatic carbocycles. The van der Waals surface area contributed by atoms with Gasteiger partial charge < -0.3 is 24.8 Å². The van der Waals surface area contributed by atoms with E-state index in [0.717, 1.165) is 0 Å². The maximum Gasteiger partial charge on any atom is 0.330 e. The van der Waals surface area contributed by atoms with Gasteiger partial charge in [0, 0.05) is 50.7 Å². The number of aromatic nitrogens is 2. The molecule has 0 spiro atoms. The first-order valence-corrected chi connectivity index (χ1v) is 11.5. The molecule has 0 aliphatic carbocycles. The first-order valence-electron chi connectivity index (χ1n) is 11.5. The van der Waals surface area contributed by atoms with Crippen molar-refractivity contribution in [2.75, 3.05) is 26.3 Å². The van der Waals surface area contributed by atoms with Crippen LogP contribution in [0.25, 0.3) is 0 Å². The lowest BCUT2D eigenvalue weighted by molar-refractivity contribution is -0.153. The van der Waals surface area contributed by atoms with Crippen LogP contribution in [0.1, 0.15) is 57.7 Å². The molecular weight excluding hydrogens is 448 g/mol. The van der Waals surface area contributed by atoms with E-state index >= 15 is 0 Å². The van der Waals surface area contributed by atoms with Gasteiger partial charge in [0.2, 0.25) is 11.8 Å². The summed E-state index contributed by atoms with van der Waals surface area (Å²) in [6, 6.07) is 0. The summed E-state index contributed by atoms with van der Waals surface area (Å²) in [5.41, 5.74) is -0.686. The van der Waals surface area contributed by atoms with Crippen molar-refractivity contribution in [2.45, 2.75) is 71.3 Å². The molecule has 1 aliphatic heterocycles. The van der Waals surface area contributed by atoms with Crippen LogP contribution < -0.4 is 21.9 Å². The molecule has 34 heavy (non-hydrogen) atoms. The van der Waals surface area contributed by atoms with Crippen LogP contribution in [-0.4, -0.2) is 65.8 Å². The highest BCUT2D eigenvalue weighted by Gasteiger charge is 2.38.